The first-order valence-corrected chi connectivity index (χ1v) is 12.4. The van der Waals surface area contributed by atoms with Crippen LogP contribution >= 0.6 is 0 Å². The van der Waals surface area contributed by atoms with Crippen molar-refractivity contribution in [3.05, 3.63) is 126 Å². The van der Waals surface area contributed by atoms with Crippen LogP contribution in [0.4, 0.5) is 17.1 Å². The minimum atomic E-state index is -0.120. The molecule has 1 nitrogen and oxygen atoms in total. The summed E-state index contributed by atoms with van der Waals surface area (Å²) in [6, 6.07) is 40.3. The number of fused-ring (bicyclic) bond motifs is 8. The summed E-state index contributed by atoms with van der Waals surface area (Å²) in [4.78, 5) is 2.46. The first kappa shape index (κ1) is 20.3. The Kier molecular flexibility index (Phi) is 4.17. The maximum Gasteiger partial charge on any atom is 0.0509 e. The van der Waals surface area contributed by atoms with Gasteiger partial charge in [0.05, 0.1) is 11.4 Å². The number of hydrogen-bond acceptors (Lipinski definition) is 1. The monoisotopic (exact) mass is 449 g/mol. The van der Waals surface area contributed by atoms with E-state index in [9.17, 15) is 0 Å². The average molecular weight is 450 g/mol. The van der Waals surface area contributed by atoms with Crippen LogP contribution in [0.1, 0.15) is 30.5 Å². The molecule has 0 fully saturated rings. The molecule has 1 heteroatoms. The fraction of sp³-hybridized carbons (Fsp3) is 0.118. The highest BCUT2D eigenvalue weighted by Crippen LogP contribution is 2.54. The van der Waals surface area contributed by atoms with Crippen LogP contribution in [0.3, 0.4) is 0 Å². The Balaban J connectivity index is 1.67. The van der Waals surface area contributed by atoms with E-state index < -0.39 is 0 Å². The normalized spacial score (nSPS) is 14.3. The second kappa shape index (κ2) is 7.20. The zero-order valence-electron chi connectivity index (χ0n) is 20.3. The number of anilines is 3. The number of para-hydroxylation sites is 1. The lowest BCUT2D eigenvalue weighted by molar-refractivity contribution is 0.633. The van der Waals surface area contributed by atoms with Crippen LogP contribution in [0.25, 0.3) is 32.3 Å². The Hall–Kier alpha value is -4.10. The number of rotatable bonds is 1. The highest BCUT2D eigenvalue weighted by Gasteiger charge is 2.37. The zero-order chi connectivity index (χ0) is 23.7. The summed E-state index contributed by atoms with van der Waals surface area (Å²) >= 11 is 0. The van der Waals surface area contributed by atoms with Gasteiger partial charge in [0.15, 0.2) is 0 Å². The third-order valence-electron chi connectivity index (χ3n) is 7.86. The van der Waals surface area contributed by atoms with Gasteiger partial charge in [-0.3, -0.25) is 0 Å². The van der Waals surface area contributed by atoms with Crippen LogP contribution in [0.15, 0.2) is 109 Å². The average Bonchev–Trinajstić information content (AvgIpc) is 2.89. The summed E-state index contributed by atoms with van der Waals surface area (Å²) in [5, 5.41) is 7.90. The van der Waals surface area contributed by atoms with Crippen molar-refractivity contribution in [3.8, 4) is 0 Å². The van der Waals surface area contributed by atoms with Crippen molar-refractivity contribution >= 4 is 49.4 Å². The Morgan fingerprint density at radius 1 is 0.486 bits per heavy atom. The molecule has 0 amide bonds. The van der Waals surface area contributed by atoms with Gasteiger partial charge in [-0.1, -0.05) is 92.7 Å². The van der Waals surface area contributed by atoms with E-state index in [2.05, 4.69) is 135 Å². The lowest BCUT2D eigenvalue weighted by Crippen LogP contribution is -2.30. The summed E-state index contributed by atoms with van der Waals surface area (Å²) in [7, 11) is 0. The van der Waals surface area contributed by atoms with E-state index in [-0.39, 0.29) is 5.41 Å². The van der Waals surface area contributed by atoms with E-state index in [1.807, 2.05) is 0 Å². The van der Waals surface area contributed by atoms with E-state index in [1.54, 1.807) is 0 Å². The van der Waals surface area contributed by atoms with Gasteiger partial charge in [0.1, 0.15) is 0 Å². The van der Waals surface area contributed by atoms with Crippen LogP contribution in [0, 0.1) is 6.92 Å². The van der Waals surface area contributed by atoms with Gasteiger partial charge in [0.2, 0.25) is 0 Å². The van der Waals surface area contributed by atoms with E-state index >= 15 is 0 Å². The third-order valence-corrected chi connectivity index (χ3v) is 7.86. The standard InChI is InChI=1S/C34H27N/c1-22-17-18-30-32(19-22)35(23-11-5-4-6-12-23)33-21-29-27-16-10-8-14-25(27)24-13-7-9-15-26(24)28(29)20-31(33)34(30,2)3/h4-21H,1-3H3. The highest BCUT2D eigenvalue weighted by atomic mass is 15.2. The molecule has 1 aliphatic heterocycles. The number of nitrogens with zero attached hydrogens (tertiary/aromatic N) is 1. The molecule has 35 heavy (non-hydrogen) atoms. The van der Waals surface area contributed by atoms with Crippen LogP contribution in [-0.2, 0) is 5.41 Å². The minimum absolute atomic E-state index is 0.120. The van der Waals surface area contributed by atoms with Crippen molar-refractivity contribution in [2.24, 2.45) is 0 Å². The molecule has 0 aliphatic carbocycles. The Bertz CT molecular complexity index is 1780. The molecule has 0 aromatic heterocycles. The molecule has 0 saturated heterocycles. The molecule has 6 aromatic carbocycles. The fourth-order valence-electron chi connectivity index (χ4n) is 6.11. The maximum absolute atomic E-state index is 2.47. The zero-order valence-corrected chi connectivity index (χ0v) is 20.3. The molecule has 0 atom stereocenters. The Labute approximate surface area is 206 Å². The second-order valence-corrected chi connectivity index (χ2v) is 10.3. The molecule has 0 radical (unpaired) electrons. The first-order valence-electron chi connectivity index (χ1n) is 12.4. The summed E-state index contributed by atoms with van der Waals surface area (Å²) in [5.74, 6) is 0. The van der Waals surface area contributed by atoms with E-state index in [4.69, 9.17) is 0 Å². The molecule has 0 saturated carbocycles. The quantitative estimate of drug-likeness (QED) is 0.226. The van der Waals surface area contributed by atoms with E-state index in [0.717, 1.165) is 0 Å². The van der Waals surface area contributed by atoms with Gasteiger partial charge >= 0.3 is 0 Å². The van der Waals surface area contributed by atoms with Gasteiger partial charge in [-0.15, -0.1) is 0 Å². The van der Waals surface area contributed by atoms with Gasteiger partial charge in [-0.2, -0.15) is 0 Å². The van der Waals surface area contributed by atoms with Crippen LogP contribution in [-0.4, -0.2) is 0 Å². The number of aryl methyl sites for hydroxylation is 1. The minimum Gasteiger partial charge on any atom is -0.310 e. The lowest BCUT2D eigenvalue weighted by atomic mass is 9.72. The van der Waals surface area contributed by atoms with Gasteiger partial charge in [-0.25, -0.2) is 0 Å². The predicted molar refractivity (Wildman–Crippen MR) is 151 cm³/mol. The largest absolute Gasteiger partial charge is 0.310 e. The van der Waals surface area contributed by atoms with Crippen LogP contribution in [0.2, 0.25) is 0 Å². The SMILES string of the molecule is Cc1ccc2c(c1)N(c1ccccc1)c1cc3c4ccccc4c4ccccc4c3cc1C2(C)C. The van der Waals surface area contributed by atoms with E-state index in [0.29, 0.717) is 0 Å². The molecule has 1 heterocycles. The molecule has 0 spiro atoms. The molecule has 0 bridgehead atoms. The first-order chi connectivity index (χ1) is 17.0. The number of hydrogen-bond donors (Lipinski definition) is 0. The maximum atomic E-state index is 2.47. The van der Waals surface area contributed by atoms with Crippen molar-refractivity contribution in [2.45, 2.75) is 26.2 Å². The molecular formula is C34H27N. The van der Waals surface area contributed by atoms with E-state index in [1.165, 1.54) is 66.1 Å². The lowest BCUT2D eigenvalue weighted by Gasteiger charge is -2.42. The molecule has 0 N–H and O–H groups in total. The van der Waals surface area contributed by atoms with Gasteiger partial charge in [-0.05, 0) is 86.3 Å². The highest BCUT2D eigenvalue weighted by molar-refractivity contribution is 6.26. The van der Waals surface area contributed by atoms with Crippen molar-refractivity contribution in [1.82, 2.24) is 0 Å². The molecule has 1 aliphatic rings. The van der Waals surface area contributed by atoms with Gasteiger partial charge in [0.25, 0.3) is 0 Å². The van der Waals surface area contributed by atoms with Crippen molar-refractivity contribution < 1.29 is 0 Å². The Morgan fingerprint density at radius 2 is 1.00 bits per heavy atom. The summed E-state index contributed by atoms with van der Waals surface area (Å²) in [6.07, 6.45) is 0. The van der Waals surface area contributed by atoms with Crippen molar-refractivity contribution in [3.63, 3.8) is 0 Å². The summed E-state index contributed by atoms with van der Waals surface area (Å²) in [5.41, 5.74) is 7.63. The second-order valence-electron chi connectivity index (χ2n) is 10.3. The topological polar surface area (TPSA) is 3.24 Å². The van der Waals surface area contributed by atoms with Crippen molar-refractivity contribution in [1.29, 1.82) is 0 Å². The van der Waals surface area contributed by atoms with Crippen LogP contribution in [0.5, 0.6) is 0 Å². The number of benzene rings is 6. The molecule has 7 rings (SSSR count). The third kappa shape index (κ3) is 2.82. The molecule has 168 valence electrons. The van der Waals surface area contributed by atoms with Gasteiger partial charge in [0, 0.05) is 11.1 Å². The molecular weight excluding hydrogens is 422 g/mol. The van der Waals surface area contributed by atoms with Gasteiger partial charge < -0.3 is 4.90 Å². The molecule has 6 aromatic rings. The smallest absolute Gasteiger partial charge is 0.0509 e. The van der Waals surface area contributed by atoms with Crippen LogP contribution < -0.4 is 4.90 Å². The Morgan fingerprint density at radius 3 is 1.63 bits per heavy atom. The summed E-state index contributed by atoms with van der Waals surface area (Å²) < 4.78 is 0. The fourth-order valence-corrected chi connectivity index (χ4v) is 6.11. The molecule has 0 unspecified atom stereocenters. The summed E-state index contributed by atoms with van der Waals surface area (Å²) in [6.45, 7) is 6.93. The predicted octanol–water partition coefficient (Wildman–Crippen LogP) is 9.56. The van der Waals surface area contributed by atoms with Crippen molar-refractivity contribution in [2.75, 3.05) is 4.90 Å².